The van der Waals surface area contributed by atoms with E-state index >= 15 is 0 Å². The van der Waals surface area contributed by atoms with E-state index in [1.165, 1.54) is 6.42 Å². The second-order valence-corrected chi connectivity index (χ2v) is 4.82. The Bertz CT molecular complexity index is 178. The van der Waals surface area contributed by atoms with Gasteiger partial charge in [-0.05, 0) is 46.2 Å². The molecule has 4 N–H and O–H groups in total. The number of nitrogens with two attached hydrogens (primary N) is 2. The summed E-state index contributed by atoms with van der Waals surface area (Å²) in [5.74, 6) is 0. The van der Waals surface area contributed by atoms with Crippen LogP contribution in [0.3, 0.4) is 0 Å². The van der Waals surface area contributed by atoms with Crippen LogP contribution in [0.2, 0.25) is 0 Å². The van der Waals surface area contributed by atoms with Crippen LogP contribution in [-0.2, 0) is 9.47 Å². The highest BCUT2D eigenvalue weighted by Crippen LogP contribution is 2.11. The molecule has 0 aromatic rings. The van der Waals surface area contributed by atoms with Gasteiger partial charge in [-0.15, -0.1) is 0 Å². The van der Waals surface area contributed by atoms with E-state index in [9.17, 15) is 0 Å². The fraction of sp³-hybridized carbons (Fsp3) is 1.00. The lowest BCUT2D eigenvalue weighted by Crippen LogP contribution is -2.44. The molecule has 0 spiro atoms. The minimum Gasteiger partial charge on any atom is -0.363 e. The molecule has 0 aliphatic rings. The Kier molecular flexibility index (Phi) is 12.7. The summed E-state index contributed by atoms with van der Waals surface area (Å²) in [4.78, 5) is 2.26. The van der Waals surface area contributed by atoms with Gasteiger partial charge >= 0.3 is 0 Å². The van der Waals surface area contributed by atoms with Crippen LogP contribution in [0.15, 0.2) is 0 Å². The average Bonchev–Trinajstić information content (AvgIpc) is 2.40. The summed E-state index contributed by atoms with van der Waals surface area (Å²) in [6, 6.07) is 0. The summed E-state index contributed by atoms with van der Waals surface area (Å²) in [6.45, 7) is 10.1. The lowest BCUT2D eigenvalue weighted by Gasteiger charge is -2.34. The number of hydrogen-bond acceptors (Lipinski definition) is 5. The molecule has 0 heterocycles. The van der Waals surface area contributed by atoms with Crippen molar-refractivity contribution in [2.45, 2.75) is 58.9 Å². The van der Waals surface area contributed by atoms with Crippen molar-refractivity contribution in [1.29, 1.82) is 0 Å². The van der Waals surface area contributed by atoms with Crippen LogP contribution >= 0.6 is 0 Å². The molecule has 19 heavy (non-hydrogen) atoms. The SMILES string of the molecule is CCCCN(C(C)OCCCN)C(C)OCCCN. The molecule has 0 amide bonds. The van der Waals surface area contributed by atoms with E-state index in [0.29, 0.717) is 26.3 Å². The molecule has 0 aromatic heterocycles. The first-order valence-electron chi connectivity index (χ1n) is 7.56. The van der Waals surface area contributed by atoms with Gasteiger partial charge in [-0.25, -0.2) is 0 Å². The summed E-state index contributed by atoms with van der Waals surface area (Å²) in [5, 5.41) is 0. The average molecular weight is 275 g/mol. The van der Waals surface area contributed by atoms with Crippen molar-refractivity contribution in [1.82, 2.24) is 4.90 Å². The van der Waals surface area contributed by atoms with Crippen LogP contribution in [0.25, 0.3) is 0 Å². The molecule has 5 heteroatoms. The van der Waals surface area contributed by atoms with Gasteiger partial charge in [-0.3, -0.25) is 4.90 Å². The van der Waals surface area contributed by atoms with E-state index in [1.54, 1.807) is 0 Å². The van der Waals surface area contributed by atoms with Crippen molar-refractivity contribution < 1.29 is 9.47 Å². The number of ether oxygens (including phenoxy) is 2. The molecule has 116 valence electrons. The molecule has 0 bridgehead atoms. The van der Waals surface area contributed by atoms with E-state index in [2.05, 4.69) is 25.7 Å². The molecule has 2 atom stereocenters. The minimum atomic E-state index is 0.0611. The van der Waals surface area contributed by atoms with E-state index in [1.807, 2.05) is 0 Å². The minimum absolute atomic E-state index is 0.0611. The monoisotopic (exact) mass is 275 g/mol. The van der Waals surface area contributed by atoms with Crippen LogP contribution in [-0.4, -0.2) is 50.2 Å². The maximum atomic E-state index is 5.81. The van der Waals surface area contributed by atoms with E-state index in [4.69, 9.17) is 20.9 Å². The number of hydrogen-bond donors (Lipinski definition) is 2. The summed E-state index contributed by atoms with van der Waals surface area (Å²) in [7, 11) is 0. The molecule has 5 nitrogen and oxygen atoms in total. The van der Waals surface area contributed by atoms with Crippen molar-refractivity contribution in [3.63, 3.8) is 0 Å². The van der Waals surface area contributed by atoms with Gasteiger partial charge in [0, 0.05) is 19.8 Å². The Balaban J connectivity index is 4.16. The second kappa shape index (κ2) is 12.8. The van der Waals surface area contributed by atoms with Crippen molar-refractivity contribution >= 4 is 0 Å². The summed E-state index contributed by atoms with van der Waals surface area (Å²) in [6.07, 6.45) is 4.23. The third-order valence-electron chi connectivity index (χ3n) is 3.12. The lowest BCUT2D eigenvalue weighted by atomic mass is 10.3. The Morgan fingerprint density at radius 3 is 1.74 bits per heavy atom. The summed E-state index contributed by atoms with van der Waals surface area (Å²) < 4.78 is 11.6. The predicted octanol–water partition coefficient (Wildman–Crippen LogP) is 1.51. The first kappa shape index (κ1) is 18.8. The molecule has 0 aliphatic carbocycles. The Hall–Kier alpha value is -0.200. The molecule has 0 saturated heterocycles. The summed E-state index contributed by atoms with van der Waals surface area (Å²) in [5.41, 5.74) is 11.0. The van der Waals surface area contributed by atoms with Gasteiger partial charge in [0.15, 0.2) is 0 Å². The number of unbranched alkanes of at least 4 members (excludes halogenated alkanes) is 1. The maximum absolute atomic E-state index is 5.81. The first-order chi connectivity index (χ1) is 9.17. The van der Waals surface area contributed by atoms with Crippen LogP contribution < -0.4 is 11.5 Å². The van der Waals surface area contributed by atoms with Gasteiger partial charge in [-0.2, -0.15) is 0 Å². The van der Waals surface area contributed by atoms with Crippen LogP contribution in [0.5, 0.6) is 0 Å². The smallest absolute Gasteiger partial charge is 0.109 e. The van der Waals surface area contributed by atoms with Gasteiger partial charge in [0.1, 0.15) is 12.5 Å². The lowest BCUT2D eigenvalue weighted by molar-refractivity contribution is -0.141. The molecule has 0 rings (SSSR count). The highest BCUT2D eigenvalue weighted by Gasteiger charge is 2.20. The molecule has 0 saturated carbocycles. The topological polar surface area (TPSA) is 73.7 Å². The molecule has 0 radical (unpaired) electrons. The Morgan fingerprint density at radius 1 is 0.895 bits per heavy atom. The predicted molar refractivity (Wildman–Crippen MR) is 79.8 cm³/mol. The van der Waals surface area contributed by atoms with Crippen molar-refractivity contribution in [3.8, 4) is 0 Å². The van der Waals surface area contributed by atoms with Gasteiger partial charge in [-0.1, -0.05) is 13.3 Å². The van der Waals surface area contributed by atoms with Gasteiger partial charge in [0.05, 0.1) is 0 Å². The molecule has 2 unspecified atom stereocenters. The molecule has 0 fully saturated rings. The quantitative estimate of drug-likeness (QED) is 0.394. The molecule has 0 aliphatic heterocycles. The van der Waals surface area contributed by atoms with Crippen molar-refractivity contribution in [3.05, 3.63) is 0 Å². The van der Waals surface area contributed by atoms with Gasteiger partial charge in [0.2, 0.25) is 0 Å². The van der Waals surface area contributed by atoms with Gasteiger partial charge in [0.25, 0.3) is 0 Å². The van der Waals surface area contributed by atoms with Crippen molar-refractivity contribution in [2.24, 2.45) is 11.5 Å². The third-order valence-corrected chi connectivity index (χ3v) is 3.12. The fourth-order valence-electron chi connectivity index (χ4n) is 1.87. The standard InChI is InChI=1S/C14H33N3O2/c1-4-5-10-17(13(2)18-11-6-8-15)14(3)19-12-7-9-16/h13-14H,4-12,15-16H2,1-3H3. The first-order valence-corrected chi connectivity index (χ1v) is 7.56. The highest BCUT2D eigenvalue weighted by atomic mass is 16.5. The second-order valence-electron chi connectivity index (χ2n) is 4.82. The highest BCUT2D eigenvalue weighted by molar-refractivity contribution is 4.62. The molecular formula is C14H33N3O2. The van der Waals surface area contributed by atoms with Gasteiger partial charge < -0.3 is 20.9 Å². The Labute approximate surface area is 118 Å². The normalized spacial score (nSPS) is 14.8. The zero-order chi connectivity index (χ0) is 14.5. The van der Waals surface area contributed by atoms with E-state index < -0.39 is 0 Å². The summed E-state index contributed by atoms with van der Waals surface area (Å²) >= 11 is 0. The van der Waals surface area contributed by atoms with E-state index in [0.717, 1.165) is 25.8 Å². The van der Waals surface area contributed by atoms with Crippen LogP contribution in [0.4, 0.5) is 0 Å². The zero-order valence-electron chi connectivity index (χ0n) is 12.9. The molecule has 0 aromatic carbocycles. The largest absolute Gasteiger partial charge is 0.363 e. The van der Waals surface area contributed by atoms with Crippen molar-refractivity contribution in [2.75, 3.05) is 32.8 Å². The zero-order valence-corrected chi connectivity index (χ0v) is 12.9. The van der Waals surface area contributed by atoms with Crippen LogP contribution in [0.1, 0.15) is 46.5 Å². The number of nitrogens with zero attached hydrogens (tertiary/aromatic N) is 1. The Morgan fingerprint density at radius 2 is 1.37 bits per heavy atom. The number of rotatable bonds is 13. The van der Waals surface area contributed by atoms with E-state index in [-0.39, 0.29) is 12.5 Å². The van der Waals surface area contributed by atoms with Crippen LogP contribution in [0, 0.1) is 0 Å². The maximum Gasteiger partial charge on any atom is 0.109 e. The molecular weight excluding hydrogens is 242 g/mol. The fourth-order valence-corrected chi connectivity index (χ4v) is 1.87. The third kappa shape index (κ3) is 9.35.